The van der Waals surface area contributed by atoms with Gasteiger partial charge >= 0.3 is 0 Å². The predicted molar refractivity (Wildman–Crippen MR) is 69.7 cm³/mol. The number of hydrogen-bond donors (Lipinski definition) is 3. The lowest BCUT2D eigenvalue weighted by Crippen LogP contribution is -2.14. The standard InChI is InChI=1S/C11H18N4O2S/c12-18(16,17)10-1-2-11(15-8-10)14-6-4-9-3-5-13-7-9/h1-2,8-9,13H,3-7H2,(H,14,15)(H2,12,16,17). The Morgan fingerprint density at radius 1 is 1.50 bits per heavy atom. The molecule has 1 aromatic rings. The van der Waals surface area contributed by atoms with Crippen molar-refractivity contribution in [1.29, 1.82) is 0 Å². The SMILES string of the molecule is NS(=O)(=O)c1ccc(NCCC2CCNC2)nc1. The molecule has 1 aromatic heterocycles. The van der Waals surface area contributed by atoms with Crippen molar-refractivity contribution in [2.75, 3.05) is 25.0 Å². The van der Waals surface area contributed by atoms with Gasteiger partial charge in [0.2, 0.25) is 10.0 Å². The Morgan fingerprint density at radius 3 is 2.89 bits per heavy atom. The Hall–Kier alpha value is -1.18. The Labute approximate surface area is 107 Å². The van der Waals surface area contributed by atoms with Gasteiger partial charge in [0.05, 0.1) is 0 Å². The lowest BCUT2D eigenvalue weighted by molar-refractivity contribution is 0.549. The maximum Gasteiger partial charge on any atom is 0.239 e. The topological polar surface area (TPSA) is 97.1 Å². The van der Waals surface area contributed by atoms with Gasteiger partial charge in [0.15, 0.2) is 0 Å². The molecule has 0 saturated carbocycles. The molecule has 1 saturated heterocycles. The molecule has 0 aliphatic carbocycles. The first-order valence-corrected chi connectivity index (χ1v) is 7.54. The Balaban J connectivity index is 1.83. The van der Waals surface area contributed by atoms with Gasteiger partial charge in [0, 0.05) is 12.7 Å². The second-order valence-corrected chi connectivity index (χ2v) is 6.06. The number of aromatic nitrogens is 1. The molecular formula is C11H18N4O2S. The van der Waals surface area contributed by atoms with Crippen LogP contribution in [0, 0.1) is 5.92 Å². The van der Waals surface area contributed by atoms with E-state index in [1.807, 2.05) is 0 Å². The minimum Gasteiger partial charge on any atom is -0.370 e. The number of anilines is 1. The quantitative estimate of drug-likeness (QED) is 0.707. The molecule has 6 nitrogen and oxygen atoms in total. The molecule has 2 rings (SSSR count). The molecule has 0 amide bonds. The number of sulfonamides is 1. The van der Waals surface area contributed by atoms with E-state index < -0.39 is 10.0 Å². The van der Waals surface area contributed by atoms with Gasteiger partial charge in [-0.05, 0) is 44.0 Å². The minimum absolute atomic E-state index is 0.0352. The van der Waals surface area contributed by atoms with Crippen LogP contribution in [0.25, 0.3) is 0 Å². The van der Waals surface area contributed by atoms with Crippen LogP contribution in [0.1, 0.15) is 12.8 Å². The first kappa shape index (κ1) is 13.3. The number of hydrogen-bond acceptors (Lipinski definition) is 5. The lowest BCUT2D eigenvalue weighted by Gasteiger charge is -2.09. The van der Waals surface area contributed by atoms with Crippen molar-refractivity contribution in [1.82, 2.24) is 10.3 Å². The molecule has 1 aliphatic heterocycles. The van der Waals surface area contributed by atoms with Crippen LogP contribution < -0.4 is 15.8 Å². The van der Waals surface area contributed by atoms with Crippen molar-refractivity contribution in [2.24, 2.45) is 11.1 Å². The molecule has 0 spiro atoms. The van der Waals surface area contributed by atoms with Gasteiger partial charge in [-0.3, -0.25) is 0 Å². The van der Waals surface area contributed by atoms with E-state index in [2.05, 4.69) is 15.6 Å². The van der Waals surface area contributed by atoms with E-state index in [1.165, 1.54) is 18.7 Å². The minimum atomic E-state index is -3.65. The molecule has 7 heteroatoms. The van der Waals surface area contributed by atoms with Gasteiger partial charge in [0.25, 0.3) is 0 Å². The van der Waals surface area contributed by atoms with Crippen LogP contribution in [-0.2, 0) is 10.0 Å². The number of pyridine rings is 1. The van der Waals surface area contributed by atoms with Gasteiger partial charge in [-0.25, -0.2) is 18.5 Å². The summed E-state index contributed by atoms with van der Waals surface area (Å²) >= 11 is 0. The maximum atomic E-state index is 11.0. The Kier molecular flexibility index (Phi) is 4.15. The molecule has 1 aliphatic rings. The van der Waals surface area contributed by atoms with Crippen LogP contribution in [0.4, 0.5) is 5.82 Å². The average Bonchev–Trinajstić information content (AvgIpc) is 2.82. The van der Waals surface area contributed by atoms with Crippen molar-refractivity contribution in [3.63, 3.8) is 0 Å². The highest BCUT2D eigenvalue weighted by atomic mass is 32.2. The van der Waals surface area contributed by atoms with E-state index in [0.29, 0.717) is 5.82 Å². The Morgan fingerprint density at radius 2 is 2.33 bits per heavy atom. The first-order chi connectivity index (χ1) is 8.55. The van der Waals surface area contributed by atoms with E-state index >= 15 is 0 Å². The van der Waals surface area contributed by atoms with Gasteiger partial charge in [-0.1, -0.05) is 0 Å². The molecule has 1 unspecified atom stereocenters. The lowest BCUT2D eigenvalue weighted by atomic mass is 10.1. The fourth-order valence-electron chi connectivity index (χ4n) is 2.02. The third-order valence-corrected chi connectivity index (χ3v) is 3.98. The second kappa shape index (κ2) is 5.64. The molecular weight excluding hydrogens is 252 g/mol. The summed E-state index contributed by atoms with van der Waals surface area (Å²) in [5, 5.41) is 11.5. The number of nitrogens with one attached hydrogen (secondary N) is 2. The van der Waals surface area contributed by atoms with E-state index in [0.717, 1.165) is 32.0 Å². The van der Waals surface area contributed by atoms with Gasteiger partial charge in [-0.2, -0.15) is 0 Å². The molecule has 2 heterocycles. The third-order valence-electron chi connectivity index (χ3n) is 3.09. The molecule has 1 atom stereocenters. The normalized spacial score (nSPS) is 19.9. The van der Waals surface area contributed by atoms with Crippen LogP contribution in [0.15, 0.2) is 23.2 Å². The largest absolute Gasteiger partial charge is 0.370 e. The number of nitrogens with two attached hydrogens (primary N) is 1. The van der Waals surface area contributed by atoms with Crippen LogP contribution in [-0.4, -0.2) is 33.0 Å². The van der Waals surface area contributed by atoms with Crippen molar-refractivity contribution in [3.05, 3.63) is 18.3 Å². The van der Waals surface area contributed by atoms with E-state index in [-0.39, 0.29) is 4.90 Å². The molecule has 0 radical (unpaired) electrons. The summed E-state index contributed by atoms with van der Waals surface area (Å²) in [6.07, 6.45) is 3.58. The van der Waals surface area contributed by atoms with Crippen molar-refractivity contribution in [2.45, 2.75) is 17.7 Å². The monoisotopic (exact) mass is 270 g/mol. The first-order valence-electron chi connectivity index (χ1n) is 5.99. The molecule has 0 aromatic carbocycles. The highest BCUT2D eigenvalue weighted by Gasteiger charge is 2.13. The zero-order valence-electron chi connectivity index (χ0n) is 10.1. The fraction of sp³-hybridized carbons (Fsp3) is 0.545. The highest BCUT2D eigenvalue weighted by Crippen LogP contribution is 2.13. The summed E-state index contributed by atoms with van der Waals surface area (Å²) in [6.45, 7) is 3.03. The van der Waals surface area contributed by atoms with Crippen molar-refractivity contribution < 1.29 is 8.42 Å². The van der Waals surface area contributed by atoms with E-state index in [1.54, 1.807) is 6.07 Å². The summed E-state index contributed by atoms with van der Waals surface area (Å²) in [5.74, 6) is 1.40. The van der Waals surface area contributed by atoms with Gasteiger partial charge < -0.3 is 10.6 Å². The van der Waals surface area contributed by atoms with Gasteiger partial charge in [0.1, 0.15) is 10.7 Å². The fourth-order valence-corrected chi connectivity index (χ4v) is 2.48. The summed E-state index contributed by atoms with van der Waals surface area (Å²) < 4.78 is 22.1. The van der Waals surface area contributed by atoms with Crippen LogP contribution in [0.3, 0.4) is 0 Å². The van der Waals surface area contributed by atoms with E-state index in [4.69, 9.17) is 5.14 Å². The summed E-state index contributed by atoms with van der Waals surface area (Å²) in [4.78, 5) is 4.06. The summed E-state index contributed by atoms with van der Waals surface area (Å²) in [6, 6.07) is 3.09. The van der Waals surface area contributed by atoms with Crippen LogP contribution in [0.5, 0.6) is 0 Å². The van der Waals surface area contributed by atoms with E-state index in [9.17, 15) is 8.42 Å². The average molecular weight is 270 g/mol. The smallest absolute Gasteiger partial charge is 0.239 e. The molecule has 100 valence electrons. The molecule has 1 fully saturated rings. The maximum absolute atomic E-state index is 11.0. The predicted octanol–water partition coefficient (Wildman–Crippen LogP) is 0.140. The summed E-state index contributed by atoms with van der Waals surface area (Å²) in [5.41, 5.74) is 0. The zero-order chi connectivity index (χ0) is 13.0. The molecule has 0 bridgehead atoms. The number of primary sulfonamides is 1. The van der Waals surface area contributed by atoms with Crippen molar-refractivity contribution in [3.8, 4) is 0 Å². The van der Waals surface area contributed by atoms with Crippen LogP contribution in [0.2, 0.25) is 0 Å². The Bertz CT molecular complexity index is 480. The third kappa shape index (κ3) is 3.66. The molecule has 18 heavy (non-hydrogen) atoms. The number of rotatable bonds is 5. The van der Waals surface area contributed by atoms with Gasteiger partial charge in [-0.15, -0.1) is 0 Å². The summed E-state index contributed by atoms with van der Waals surface area (Å²) in [7, 11) is -3.65. The zero-order valence-corrected chi connectivity index (χ0v) is 10.9. The molecule has 4 N–H and O–H groups in total. The second-order valence-electron chi connectivity index (χ2n) is 4.50. The number of nitrogens with zero attached hydrogens (tertiary/aromatic N) is 1. The highest BCUT2D eigenvalue weighted by molar-refractivity contribution is 7.89. The van der Waals surface area contributed by atoms with Crippen LogP contribution >= 0.6 is 0 Å². The van der Waals surface area contributed by atoms with Crippen molar-refractivity contribution >= 4 is 15.8 Å².